The minimum absolute atomic E-state index is 0.127. The van der Waals surface area contributed by atoms with E-state index in [4.69, 9.17) is 0 Å². The van der Waals surface area contributed by atoms with E-state index in [1.54, 1.807) is 6.20 Å². The summed E-state index contributed by atoms with van der Waals surface area (Å²) in [5.74, 6) is 0.725. The summed E-state index contributed by atoms with van der Waals surface area (Å²) in [5, 5.41) is 0. The zero-order valence-electron chi connectivity index (χ0n) is 10.8. The van der Waals surface area contributed by atoms with Gasteiger partial charge in [-0.3, -0.25) is 0 Å². The zero-order chi connectivity index (χ0) is 13.0. The van der Waals surface area contributed by atoms with Crippen LogP contribution in [0.5, 0.6) is 0 Å². The Morgan fingerprint density at radius 3 is 2.67 bits per heavy atom. The summed E-state index contributed by atoms with van der Waals surface area (Å²) in [6.45, 7) is 3.99. The van der Waals surface area contributed by atoms with E-state index in [0.717, 1.165) is 35.5 Å². The lowest BCUT2D eigenvalue weighted by Crippen LogP contribution is -1.99. The van der Waals surface area contributed by atoms with Crippen molar-refractivity contribution in [3.8, 4) is 0 Å². The van der Waals surface area contributed by atoms with Crippen LogP contribution in [0.25, 0.3) is 0 Å². The van der Waals surface area contributed by atoms with Gasteiger partial charge in [-0.25, -0.2) is 14.4 Å². The van der Waals surface area contributed by atoms with Gasteiger partial charge < -0.3 is 0 Å². The molecule has 0 aliphatic rings. The highest BCUT2D eigenvalue weighted by Gasteiger charge is 2.04. The molecule has 0 radical (unpaired) electrons. The summed E-state index contributed by atoms with van der Waals surface area (Å²) in [6.07, 6.45) is 4.05. The van der Waals surface area contributed by atoms with Crippen LogP contribution >= 0.6 is 0 Å². The minimum atomic E-state index is -0.127. The molecular weight excluding hydrogens is 227 g/mol. The van der Waals surface area contributed by atoms with Crippen LogP contribution in [0.4, 0.5) is 4.39 Å². The van der Waals surface area contributed by atoms with Crippen molar-refractivity contribution in [3.05, 3.63) is 58.9 Å². The molecule has 0 saturated carbocycles. The first kappa shape index (κ1) is 12.7. The molecule has 1 aromatic heterocycles. The van der Waals surface area contributed by atoms with E-state index in [1.807, 2.05) is 32.0 Å². The van der Waals surface area contributed by atoms with Crippen LogP contribution in [-0.2, 0) is 19.3 Å². The molecule has 0 atom stereocenters. The first-order chi connectivity index (χ1) is 8.72. The first-order valence-corrected chi connectivity index (χ1v) is 6.31. The van der Waals surface area contributed by atoms with Gasteiger partial charge in [0.05, 0.1) is 0 Å². The second kappa shape index (κ2) is 5.71. The Morgan fingerprint density at radius 1 is 1.11 bits per heavy atom. The molecule has 94 valence electrons. The maximum atomic E-state index is 13.4. The predicted octanol–water partition coefficient (Wildman–Crippen LogP) is 3.33. The lowest BCUT2D eigenvalue weighted by Gasteiger charge is -2.06. The molecule has 1 aromatic carbocycles. The number of aromatic nitrogens is 2. The average Bonchev–Trinajstić information content (AvgIpc) is 2.41. The highest BCUT2D eigenvalue weighted by atomic mass is 19.1. The summed E-state index contributed by atoms with van der Waals surface area (Å²) >= 11 is 0. The molecule has 0 bridgehead atoms. The molecule has 0 unspecified atom stereocenters. The topological polar surface area (TPSA) is 25.8 Å². The molecular formula is C15H17FN2. The summed E-state index contributed by atoms with van der Waals surface area (Å²) in [7, 11) is 0. The van der Waals surface area contributed by atoms with E-state index in [1.165, 1.54) is 6.07 Å². The van der Waals surface area contributed by atoms with Gasteiger partial charge in [-0.05, 0) is 29.7 Å². The van der Waals surface area contributed by atoms with Gasteiger partial charge in [0.15, 0.2) is 0 Å². The Bertz CT molecular complexity index is 538. The molecule has 0 spiro atoms. The highest BCUT2D eigenvalue weighted by Crippen LogP contribution is 2.14. The number of halogens is 1. The van der Waals surface area contributed by atoms with Gasteiger partial charge in [0.2, 0.25) is 0 Å². The van der Waals surface area contributed by atoms with Crippen molar-refractivity contribution < 1.29 is 4.39 Å². The lowest BCUT2D eigenvalue weighted by atomic mass is 10.0. The van der Waals surface area contributed by atoms with Crippen LogP contribution in [-0.4, -0.2) is 9.97 Å². The fraction of sp³-hybridized carbons (Fsp3) is 0.333. The fourth-order valence-electron chi connectivity index (χ4n) is 1.93. The lowest BCUT2D eigenvalue weighted by molar-refractivity contribution is 0.611. The number of aryl methyl sites for hydroxylation is 2. The van der Waals surface area contributed by atoms with E-state index in [0.29, 0.717) is 6.42 Å². The van der Waals surface area contributed by atoms with Crippen LogP contribution in [0, 0.1) is 5.82 Å². The molecule has 0 fully saturated rings. The second-order valence-corrected chi connectivity index (χ2v) is 4.27. The van der Waals surface area contributed by atoms with Crippen molar-refractivity contribution in [2.24, 2.45) is 0 Å². The van der Waals surface area contributed by atoms with Crippen LogP contribution < -0.4 is 0 Å². The monoisotopic (exact) mass is 244 g/mol. The third-order valence-electron chi connectivity index (χ3n) is 2.96. The van der Waals surface area contributed by atoms with Gasteiger partial charge in [0.25, 0.3) is 0 Å². The Hall–Kier alpha value is -1.77. The van der Waals surface area contributed by atoms with Gasteiger partial charge in [0.1, 0.15) is 11.6 Å². The highest BCUT2D eigenvalue weighted by molar-refractivity contribution is 5.28. The van der Waals surface area contributed by atoms with Crippen molar-refractivity contribution in [1.29, 1.82) is 0 Å². The van der Waals surface area contributed by atoms with Gasteiger partial charge >= 0.3 is 0 Å². The van der Waals surface area contributed by atoms with Crippen LogP contribution in [0.15, 0.2) is 30.5 Å². The predicted molar refractivity (Wildman–Crippen MR) is 70.0 cm³/mol. The molecule has 0 N–H and O–H groups in total. The van der Waals surface area contributed by atoms with Crippen molar-refractivity contribution in [2.45, 2.75) is 33.1 Å². The normalized spacial score (nSPS) is 10.6. The number of hydrogen-bond acceptors (Lipinski definition) is 2. The van der Waals surface area contributed by atoms with Crippen LogP contribution in [0.2, 0.25) is 0 Å². The van der Waals surface area contributed by atoms with Crippen LogP contribution in [0.3, 0.4) is 0 Å². The number of benzene rings is 1. The van der Waals surface area contributed by atoms with Crippen molar-refractivity contribution in [2.75, 3.05) is 0 Å². The standard InChI is InChI=1S/C15H17FN2/c1-3-12-9-11(5-6-14(12)16)10-13-7-8-17-15(4-2)18-13/h5-9H,3-4,10H2,1-2H3. The molecule has 1 heterocycles. The molecule has 2 rings (SSSR count). The van der Waals surface area contributed by atoms with Crippen LogP contribution in [0.1, 0.15) is 36.5 Å². The molecule has 0 amide bonds. The average molecular weight is 244 g/mol. The second-order valence-electron chi connectivity index (χ2n) is 4.27. The molecule has 18 heavy (non-hydrogen) atoms. The number of nitrogens with zero attached hydrogens (tertiary/aromatic N) is 2. The third-order valence-corrected chi connectivity index (χ3v) is 2.96. The Morgan fingerprint density at radius 2 is 1.94 bits per heavy atom. The Kier molecular flexibility index (Phi) is 4.03. The van der Waals surface area contributed by atoms with Gasteiger partial charge in [-0.2, -0.15) is 0 Å². The van der Waals surface area contributed by atoms with E-state index in [2.05, 4.69) is 9.97 Å². The molecule has 2 nitrogen and oxygen atoms in total. The quantitative estimate of drug-likeness (QED) is 0.824. The summed E-state index contributed by atoms with van der Waals surface area (Å²) < 4.78 is 13.4. The number of rotatable bonds is 4. The molecule has 0 aliphatic carbocycles. The van der Waals surface area contributed by atoms with Crippen molar-refractivity contribution in [3.63, 3.8) is 0 Å². The van der Waals surface area contributed by atoms with Crippen molar-refractivity contribution in [1.82, 2.24) is 9.97 Å². The first-order valence-electron chi connectivity index (χ1n) is 6.31. The molecule has 0 saturated heterocycles. The Balaban J connectivity index is 2.22. The Labute approximate surface area is 107 Å². The summed E-state index contributed by atoms with van der Waals surface area (Å²) in [5.41, 5.74) is 2.83. The summed E-state index contributed by atoms with van der Waals surface area (Å²) in [4.78, 5) is 8.64. The van der Waals surface area contributed by atoms with Gasteiger partial charge in [-0.15, -0.1) is 0 Å². The van der Waals surface area contributed by atoms with E-state index in [9.17, 15) is 4.39 Å². The minimum Gasteiger partial charge on any atom is -0.241 e. The van der Waals surface area contributed by atoms with E-state index >= 15 is 0 Å². The molecule has 0 aliphatic heterocycles. The van der Waals surface area contributed by atoms with E-state index < -0.39 is 0 Å². The van der Waals surface area contributed by atoms with E-state index in [-0.39, 0.29) is 5.82 Å². The maximum absolute atomic E-state index is 13.4. The fourth-order valence-corrected chi connectivity index (χ4v) is 1.93. The van der Waals surface area contributed by atoms with Gasteiger partial charge in [0, 0.05) is 24.7 Å². The zero-order valence-corrected chi connectivity index (χ0v) is 10.8. The van der Waals surface area contributed by atoms with Crippen molar-refractivity contribution >= 4 is 0 Å². The molecule has 2 aromatic rings. The van der Waals surface area contributed by atoms with Gasteiger partial charge in [-0.1, -0.05) is 26.0 Å². The SMILES string of the molecule is CCc1nccc(Cc2ccc(F)c(CC)c2)n1. The third kappa shape index (κ3) is 2.92. The number of hydrogen-bond donors (Lipinski definition) is 0. The smallest absolute Gasteiger partial charge is 0.128 e. The molecule has 3 heteroatoms. The maximum Gasteiger partial charge on any atom is 0.128 e. The summed E-state index contributed by atoms with van der Waals surface area (Å²) in [6, 6.07) is 7.19. The largest absolute Gasteiger partial charge is 0.241 e.